The quantitative estimate of drug-likeness (QED) is 0.746. The number of nitrogens with one attached hydrogen (secondary N) is 2. The summed E-state index contributed by atoms with van der Waals surface area (Å²) in [5, 5.41) is 10.6. The van der Waals surface area contributed by atoms with E-state index >= 15 is 0 Å². The fraction of sp³-hybridized carbons (Fsp3) is 0.783. The van der Waals surface area contributed by atoms with Gasteiger partial charge in [-0.1, -0.05) is 27.7 Å². The van der Waals surface area contributed by atoms with Crippen molar-refractivity contribution in [2.45, 2.75) is 65.5 Å². The molecule has 1 saturated heterocycles. The number of nitrogens with zero attached hydrogens (tertiary/aromatic N) is 2. The molecule has 1 aromatic heterocycles. The van der Waals surface area contributed by atoms with Crippen LogP contribution in [0.4, 0.5) is 0 Å². The molecule has 7 nitrogen and oxygen atoms in total. The Morgan fingerprint density at radius 3 is 2.80 bits per heavy atom. The van der Waals surface area contributed by atoms with Gasteiger partial charge in [-0.2, -0.15) is 5.10 Å². The first-order valence-electron chi connectivity index (χ1n) is 11.3. The molecule has 1 aliphatic heterocycles. The normalized spacial score (nSPS) is 34.1. The molecule has 1 spiro atoms. The molecule has 1 unspecified atom stereocenters. The number of carbonyl (C=O) groups excluding carboxylic acids is 2. The van der Waals surface area contributed by atoms with E-state index in [1.54, 1.807) is 24.0 Å². The lowest BCUT2D eigenvalue weighted by atomic mass is 9.59. The van der Waals surface area contributed by atoms with Gasteiger partial charge in [-0.25, -0.2) is 0 Å². The van der Waals surface area contributed by atoms with Gasteiger partial charge in [-0.15, -0.1) is 0 Å². The molecule has 30 heavy (non-hydrogen) atoms. The first kappa shape index (κ1) is 21.3. The highest BCUT2D eigenvalue weighted by molar-refractivity contribution is 5.92. The van der Waals surface area contributed by atoms with E-state index in [-0.39, 0.29) is 40.7 Å². The molecular formula is C23H36N4O3. The Morgan fingerprint density at radius 1 is 1.37 bits per heavy atom. The summed E-state index contributed by atoms with van der Waals surface area (Å²) in [4.78, 5) is 24.9. The van der Waals surface area contributed by atoms with Gasteiger partial charge in [-0.3, -0.25) is 14.3 Å². The van der Waals surface area contributed by atoms with Crippen LogP contribution in [0.25, 0.3) is 0 Å². The van der Waals surface area contributed by atoms with Gasteiger partial charge in [0.25, 0.3) is 5.91 Å². The maximum Gasteiger partial charge on any atom is 0.271 e. The predicted octanol–water partition coefficient (Wildman–Crippen LogP) is 2.52. The Balaban J connectivity index is 1.43. The Kier molecular flexibility index (Phi) is 5.45. The SMILES string of the molecule is CC(C)C(=O)N[C@H]1C(C)(C)[C@@H]2C[C@@H]3[C@@H](CCNC(=O)c4ccn(C)n4)OCCC31C2. The predicted molar refractivity (Wildman–Crippen MR) is 114 cm³/mol. The van der Waals surface area contributed by atoms with Crippen molar-refractivity contribution in [3.8, 4) is 0 Å². The summed E-state index contributed by atoms with van der Waals surface area (Å²) < 4.78 is 7.85. The highest BCUT2D eigenvalue weighted by Gasteiger charge is 2.68. The Bertz CT molecular complexity index is 817. The summed E-state index contributed by atoms with van der Waals surface area (Å²) >= 11 is 0. The topological polar surface area (TPSA) is 85.3 Å². The number of aromatic nitrogens is 2. The molecule has 1 aromatic rings. The number of hydrogen-bond acceptors (Lipinski definition) is 4. The number of hydrogen-bond donors (Lipinski definition) is 2. The zero-order valence-corrected chi connectivity index (χ0v) is 18.9. The van der Waals surface area contributed by atoms with Crippen LogP contribution in [-0.4, -0.2) is 46.9 Å². The van der Waals surface area contributed by atoms with Crippen LogP contribution in [0, 0.1) is 28.6 Å². The number of carbonyl (C=O) groups is 2. The average molecular weight is 417 g/mol. The van der Waals surface area contributed by atoms with Gasteiger partial charge in [0.05, 0.1) is 6.10 Å². The van der Waals surface area contributed by atoms with Gasteiger partial charge in [0.2, 0.25) is 5.91 Å². The lowest BCUT2D eigenvalue weighted by Crippen LogP contribution is -2.60. The van der Waals surface area contributed by atoms with E-state index in [1.807, 2.05) is 13.8 Å². The van der Waals surface area contributed by atoms with Crippen LogP contribution in [0.1, 0.15) is 63.9 Å². The standard InChI is InChI=1S/C23H36N4O3/c1-14(2)19(28)25-21-22(3,4)15-12-16-18(30-11-8-23(16,21)13-15)6-9-24-20(29)17-7-10-27(5)26-17/h7,10,14-16,18,21H,6,8-9,11-13H2,1-5H3,(H,24,29)(H,25,28)/t15-,16-,18-,21+,23?/m1/s1. The van der Waals surface area contributed by atoms with Gasteiger partial charge >= 0.3 is 0 Å². The van der Waals surface area contributed by atoms with Crippen molar-refractivity contribution in [3.63, 3.8) is 0 Å². The van der Waals surface area contributed by atoms with Crippen molar-refractivity contribution < 1.29 is 14.3 Å². The molecule has 7 heteroatoms. The van der Waals surface area contributed by atoms with Crippen molar-refractivity contribution >= 4 is 11.8 Å². The summed E-state index contributed by atoms with van der Waals surface area (Å²) in [5.74, 6) is 1.05. The van der Waals surface area contributed by atoms with Crippen molar-refractivity contribution in [1.29, 1.82) is 0 Å². The van der Waals surface area contributed by atoms with Crippen LogP contribution in [-0.2, 0) is 16.6 Å². The third-order valence-corrected chi connectivity index (χ3v) is 8.09. The number of fused-ring (bicyclic) bond motifs is 1. The second-order valence-electron chi connectivity index (χ2n) is 10.5. The van der Waals surface area contributed by atoms with E-state index < -0.39 is 0 Å². The summed E-state index contributed by atoms with van der Waals surface area (Å²) in [5.41, 5.74) is 0.666. The molecule has 2 heterocycles. The molecule has 2 bridgehead atoms. The Labute approximate surface area is 179 Å². The highest BCUT2D eigenvalue weighted by Crippen LogP contribution is 2.68. The van der Waals surface area contributed by atoms with Crippen LogP contribution >= 0.6 is 0 Å². The minimum atomic E-state index is -0.141. The first-order chi connectivity index (χ1) is 14.1. The molecule has 3 fully saturated rings. The average Bonchev–Trinajstić information content (AvgIpc) is 3.34. The molecule has 3 aliphatic rings. The van der Waals surface area contributed by atoms with E-state index in [1.165, 1.54) is 6.42 Å². The molecule has 2 N–H and O–H groups in total. The largest absolute Gasteiger partial charge is 0.378 e. The van der Waals surface area contributed by atoms with Crippen molar-refractivity contribution in [3.05, 3.63) is 18.0 Å². The molecule has 2 aliphatic carbocycles. The van der Waals surface area contributed by atoms with Crippen LogP contribution in [0.2, 0.25) is 0 Å². The molecule has 0 radical (unpaired) electrons. The minimum absolute atomic E-state index is 0.00720. The molecule has 2 saturated carbocycles. The zero-order valence-electron chi connectivity index (χ0n) is 18.9. The number of amides is 2. The molecular weight excluding hydrogens is 380 g/mol. The number of rotatable bonds is 6. The lowest BCUT2D eigenvalue weighted by Gasteiger charge is -2.53. The van der Waals surface area contributed by atoms with Crippen LogP contribution in [0.5, 0.6) is 0 Å². The maximum atomic E-state index is 12.6. The molecule has 0 aromatic carbocycles. The second-order valence-corrected chi connectivity index (χ2v) is 10.5. The molecule has 5 atom stereocenters. The van der Waals surface area contributed by atoms with E-state index in [0.717, 1.165) is 25.9 Å². The van der Waals surface area contributed by atoms with Gasteiger partial charge < -0.3 is 15.4 Å². The lowest BCUT2D eigenvalue weighted by molar-refractivity contribution is -0.138. The fourth-order valence-corrected chi connectivity index (χ4v) is 6.46. The fourth-order valence-electron chi connectivity index (χ4n) is 6.46. The van der Waals surface area contributed by atoms with Crippen LogP contribution < -0.4 is 10.6 Å². The maximum absolute atomic E-state index is 12.6. The van der Waals surface area contributed by atoms with E-state index in [4.69, 9.17) is 4.74 Å². The van der Waals surface area contributed by atoms with Gasteiger partial charge in [0, 0.05) is 38.4 Å². The van der Waals surface area contributed by atoms with Gasteiger partial charge in [0.15, 0.2) is 0 Å². The van der Waals surface area contributed by atoms with Crippen molar-refractivity contribution in [2.24, 2.45) is 35.6 Å². The minimum Gasteiger partial charge on any atom is -0.378 e. The monoisotopic (exact) mass is 416 g/mol. The van der Waals surface area contributed by atoms with E-state index in [2.05, 4.69) is 29.6 Å². The third-order valence-electron chi connectivity index (χ3n) is 8.09. The molecule has 4 rings (SSSR count). The van der Waals surface area contributed by atoms with Crippen molar-refractivity contribution in [1.82, 2.24) is 20.4 Å². The van der Waals surface area contributed by atoms with Crippen LogP contribution in [0.3, 0.4) is 0 Å². The summed E-state index contributed by atoms with van der Waals surface area (Å²) in [6.07, 6.45) is 6.03. The van der Waals surface area contributed by atoms with Gasteiger partial charge in [0.1, 0.15) is 5.69 Å². The zero-order chi connectivity index (χ0) is 21.7. The van der Waals surface area contributed by atoms with Gasteiger partial charge in [-0.05, 0) is 54.4 Å². The molecule has 166 valence electrons. The summed E-state index contributed by atoms with van der Waals surface area (Å²) in [6.45, 7) is 9.87. The highest BCUT2D eigenvalue weighted by atomic mass is 16.5. The first-order valence-corrected chi connectivity index (χ1v) is 11.3. The summed E-state index contributed by atoms with van der Waals surface area (Å²) in [6, 6.07) is 1.92. The summed E-state index contributed by atoms with van der Waals surface area (Å²) in [7, 11) is 1.80. The molecule has 2 amide bonds. The Morgan fingerprint density at radius 2 is 2.13 bits per heavy atom. The third kappa shape index (κ3) is 3.45. The van der Waals surface area contributed by atoms with E-state index in [9.17, 15) is 9.59 Å². The van der Waals surface area contributed by atoms with E-state index in [0.29, 0.717) is 24.1 Å². The Hall–Kier alpha value is -1.89. The van der Waals surface area contributed by atoms with Crippen LogP contribution in [0.15, 0.2) is 12.3 Å². The second kappa shape index (κ2) is 7.66. The smallest absolute Gasteiger partial charge is 0.271 e. The number of ether oxygens (including phenoxy) is 1. The number of aryl methyl sites for hydroxylation is 1. The van der Waals surface area contributed by atoms with Crippen molar-refractivity contribution in [2.75, 3.05) is 13.2 Å².